The van der Waals surface area contributed by atoms with Crippen LogP contribution in [0, 0.1) is 0 Å². The van der Waals surface area contributed by atoms with E-state index in [0.717, 1.165) is 53.8 Å². The monoisotopic (exact) mass is 477 g/mol. The lowest BCUT2D eigenvalue weighted by molar-refractivity contribution is 0.380. The van der Waals surface area contributed by atoms with E-state index in [-0.39, 0.29) is 24.0 Å². The van der Waals surface area contributed by atoms with Crippen molar-refractivity contribution in [2.24, 2.45) is 4.99 Å². The minimum absolute atomic E-state index is 0. The van der Waals surface area contributed by atoms with Gasteiger partial charge in [0.15, 0.2) is 5.96 Å². The van der Waals surface area contributed by atoms with Crippen molar-refractivity contribution in [3.63, 3.8) is 0 Å². The first kappa shape index (κ1) is 21.9. The molecule has 0 atom stereocenters. The summed E-state index contributed by atoms with van der Waals surface area (Å²) in [6, 6.07) is 0. The van der Waals surface area contributed by atoms with Crippen LogP contribution in [-0.4, -0.2) is 22.6 Å². The zero-order valence-corrected chi connectivity index (χ0v) is 18.5. The smallest absolute Gasteiger partial charge is 0.191 e. The van der Waals surface area contributed by atoms with Crippen molar-refractivity contribution in [3.05, 3.63) is 33.1 Å². The third-order valence-corrected chi connectivity index (χ3v) is 4.85. The third-order valence-electron chi connectivity index (χ3n) is 3.70. The second-order valence-electron chi connectivity index (χ2n) is 5.36. The Kier molecular flexibility index (Phi) is 10.0. The first-order valence-electron chi connectivity index (χ1n) is 8.63. The fraction of sp³-hybridized carbons (Fsp3) is 0.588. The molecule has 0 amide bonds. The third kappa shape index (κ3) is 6.25. The Morgan fingerprint density at radius 1 is 1.16 bits per heavy atom. The molecule has 0 aliphatic carbocycles. The summed E-state index contributed by atoms with van der Waals surface area (Å²) in [5.41, 5.74) is 2.11. The van der Waals surface area contributed by atoms with Gasteiger partial charge in [0.1, 0.15) is 10.8 Å². The second kappa shape index (κ2) is 11.5. The van der Waals surface area contributed by atoms with Crippen LogP contribution in [0.15, 0.2) is 15.7 Å². The lowest BCUT2D eigenvalue weighted by Crippen LogP contribution is -2.36. The molecule has 2 aromatic rings. The molecular formula is C17H28IN5OS. The van der Waals surface area contributed by atoms with E-state index >= 15 is 0 Å². The molecule has 0 aromatic carbocycles. The maximum absolute atomic E-state index is 5.40. The minimum atomic E-state index is 0. The van der Waals surface area contributed by atoms with E-state index in [0.29, 0.717) is 13.1 Å². The van der Waals surface area contributed by atoms with Crippen LogP contribution in [0.5, 0.6) is 0 Å². The number of guanidine groups is 1. The van der Waals surface area contributed by atoms with Gasteiger partial charge in [-0.15, -0.1) is 35.3 Å². The van der Waals surface area contributed by atoms with Crippen molar-refractivity contribution >= 4 is 41.3 Å². The number of hydrogen-bond donors (Lipinski definition) is 2. The maximum atomic E-state index is 5.40. The summed E-state index contributed by atoms with van der Waals surface area (Å²) in [5, 5.41) is 11.8. The van der Waals surface area contributed by atoms with Gasteiger partial charge in [-0.3, -0.25) is 0 Å². The Balaban J connectivity index is 0.00000312. The summed E-state index contributed by atoms with van der Waals surface area (Å²) < 4.78 is 5.40. The minimum Gasteiger partial charge on any atom is -0.361 e. The molecule has 6 nitrogen and oxygen atoms in total. The van der Waals surface area contributed by atoms with Crippen molar-refractivity contribution in [1.29, 1.82) is 0 Å². The molecule has 0 unspecified atom stereocenters. The fourth-order valence-corrected chi connectivity index (χ4v) is 3.17. The van der Waals surface area contributed by atoms with Crippen LogP contribution in [0.3, 0.4) is 0 Å². The normalized spacial score (nSPS) is 11.3. The molecule has 0 bridgehead atoms. The first-order valence-corrected chi connectivity index (χ1v) is 9.45. The van der Waals surface area contributed by atoms with Crippen LogP contribution in [0.4, 0.5) is 0 Å². The van der Waals surface area contributed by atoms with E-state index in [1.807, 2.05) is 6.20 Å². The van der Waals surface area contributed by atoms with Gasteiger partial charge >= 0.3 is 0 Å². The van der Waals surface area contributed by atoms with Gasteiger partial charge in [0, 0.05) is 29.6 Å². The number of rotatable bonds is 8. The lowest BCUT2D eigenvalue weighted by atomic mass is 10.1. The Hall–Kier alpha value is -1.16. The molecule has 0 saturated carbocycles. The lowest BCUT2D eigenvalue weighted by Gasteiger charge is -2.10. The van der Waals surface area contributed by atoms with Gasteiger partial charge in [0.05, 0.1) is 18.8 Å². The summed E-state index contributed by atoms with van der Waals surface area (Å²) >= 11 is 1.74. The molecule has 0 saturated heterocycles. The molecule has 0 aliphatic heterocycles. The Morgan fingerprint density at radius 2 is 1.96 bits per heavy atom. The second-order valence-corrected chi connectivity index (χ2v) is 6.56. The molecule has 0 fully saturated rings. The Morgan fingerprint density at radius 3 is 2.56 bits per heavy atom. The van der Waals surface area contributed by atoms with E-state index in [1.165, 1.54) is 4.88 Å². The van der Waals surface area contributed by atoms with E-state index in [1.54, 1.807) is 11.3 Å². The van der Waals surface area contributed by atoms with Crippen LogP contribution in [0.25, 0.3) is 0 Å². The standard InChI is InChI=1S/C17H27N5OS.HI/c1-5-12-9-19-16(24-12)11-21-17(18-8-4)20-10-13-14(6-2)22-23-15(13)7-3;/h9H,5-8,10-11H2,1-4H3,(H2,18,20,21);1H. The summed E-state index contributed by atoms with van der Waals surface area (Å²) in [6.45, 7) is 10.4. The summed E-state index contributed by atoms with van der Waals surface area (Å²) in [6.07, 6.45) is 4.67. The molecular weight excluding hydrogens is 449 g/mol. The van der Waals surface area contributed by atoms with Crippen LogP contribution in [-0.2, 0) is 32.4 Å². The van der Waals surface area contributed by atoms with E-state index in [4.69, 9.17) is 4.52 Å². The molecule has 25 heavy (non-hydrogen) atoms. The van der Waals surface area contributed by atoms with Crippen LogP contribution >= 0.6 is 35.3 Å². The van der Waals surface area contributed by atoms with Gasteiger partial charge in [-0.25, -0.2) is 9.98 Å². The quantitative estimate of drug-likeness (QED) is 0.345. The Labute approximate surface area is 170 Å². The van der Waals surface area contributed by atoms with Crippen molar-refractivity contribution in [3.8, 4) is 0 Å². The number of nitrogens with one attached hydrogen (secondary N) is 2. The summed E-state index contributed by atoms with van der Waals surface area (Å²) in [5.74, 6) is 1.72. The SMILES string of the molecule is CCNC(=NCc1c(CC)noc1CC)NCc1ncc(CC)s1.I. The van der Waals surface area contributed by atoms with E-state index < -0.39 is 0 Å². The largest absolute Gasteiger partial charge is 0.361 e. The zero-order valence-electron chi connectivity index (χ0n) is 15.4. The summed E-state index contributed by atoms with van der Waals surface area (Å²) in [4.78, 5) is 10.4. The maximum Gasteiger partial charge on any atom is 0.191 e. The van der Waals surface area contributed by atoms with Crippen molar-refractivity contribution < 1.29 is 4.52 Å². The van der Waals surface area contributed by atoms with Crippen LogP contribution in [0.2, 0.25) is 0 Å². The molecule has 2 rings (SSSR count). The average molecular weight is 477 g/mol. The molecule has 0 spiro atoms. The van der Waals surface area contributed by atoms with Gasteiger partial charge < -0.3 is 15.2 Å². The highest BCUT2D eigenvalue weighted by molar-refractivity contribution is 14.0. The number of aliphatic imine (C=N–C) groups is 1. The molecule has 8 heteroatoms. The molecule has 2 heterocycles. The van der Waals surface area contributed by atoms with E-state index in [2.05, 4.69) is 53.5 Å². The van der Waals surface area contributed by atoms with Gasteiger partial charge in [-0.2, -0.15) is 0 Å². The zero-order chi connectivity index (χ0) is 17.4. The van der Waals surface area contributed by atoms with Crippen molar-refractivity contribution in [1.82, 2.24) is 20.8 Å². The number of halogens is 1. The highest BCUT2D eigenvalue weighted by atomic mass is 127. The fourth-order valence-electron chi connectivity index (χ4n) is 2.37. The van der Waals surface area contributed by atoms with Crippen molar-refractivity contribution in [2.75, 3.05) is 6.54 Å². The van der Waals surface area contributed by atoms with Crippen LogP contribution in [0.1, 0.15) is 54.6 Å². The molecule has 2 N–H and O–H groups in total. The average Bonchev–Trinajstić information content (AvgIpc) is 3.23. The number of thiazole rings is 1. The first-order chi connectivity index (χ1) is 11.7. The topological polar surface area (TPSA) is 75.3 Å². The molecule has 0 radical (unpaired) electrons. The number of aromatic nitrogens is 2. The number of hydrogen-bond acceptors (Lipinski definition) is 5. The van der Waals surface area contributed by atoms with E-state index in [9.17, 15) is 0 Å². The highest BCUT2D eigenvalue weighted by Crippen LogP contribution is 2.17. The predicted molar refractivity (Wildman–Crippen MR) is 114 cm³/mol. The Bertz CT molecular complexity index is 646. The number of nitrogens with zero attached hydrogens (tertiary/aromatic N) is 3. The van der Waals surface area contributed by atoms with Gasteiger partial charge in [0.2, 0.25) is 0 Å². The highest BCUT2D eigenvalue weighted by Gasteiger charge is 2.13. The van der Waals surface area contributed by atoms with Crippen molar-refractivity contribution in [2.45, 2.75) is 60.0 Å². The van der Waals surface area contributed by atoms with Gasteiger partial charge in [0.25, 0.3) is 0 Å². The molecule has 2 aromatic heterocycles. The summed E-state index contributed by atoms with van der Waals surface area (Å²) in [7, 11) is 0. The molecule has 0 aliphatic rings. The number of aryl methyl sites for hydroxylation is 3. The van der Waals surface area contributed by atoms with Gasteiger partial charge in [-0.1, -0.05) is 25.9 Å². The predicted octanol–water partition coefficient (Wildman–Crippen LogP) is 3.69. The van der Waals surface area contributed by atoms with Gasteiger partial charge in [-0.05, 0) is 19.8 Å². The van der Waals surface area contributed by atoms with Crippen LogP contribution < -0.4 is 10.6 Å². The molecule has 140 valence electrons.